The highest BCUT2D eigenvalue weighted by atomic mass is 16.5. The van der Waals surface area contributed by atoms with Crippen LogP contribution in [0.15, 0.2) is 48.5 Å². The number of imidazole rings is 1. The second kappa shape index (κ2) is 9.07. The summed E-state index contributed by atoms with van der Waals surface area (Å²) in [5, 5.41) is 21.3. The summed E-state index contributed by atoms with van der Waals surface area (Å²) in [6, 6.07) is 15.4. The number of nitrogens with one attached hydrogen (secondary N) is 4. The molecule has 8 heteroatoms. The second-order valence-electron chi connectivity index (χ2n) is 5.29. The van der Waals surface area contributed by atoms with Gasteiger partial charge in [-0.2, -0.15) is 0 Å². The van der Waals surface area contributed by atoms with Gasteiger partial charge >= 0.3 is 0 Å². The van der Waals surface area contributed by atoms with Crippen LogP contribution < -0.4 is 15.4 Å². The normalized spacial score (nSPS) is 9.77. The summed E-state index contributed by atoms with van der Waals surface area (Å²) < 4.78 is 5.29. The molecule has 0 amide bonds. The molecule has 0 aliphatic carbocycles. The first-order valence-electron chi connectivity index (χ1n) is 7.85. The monoisotopic (exact) mass is 355 g/mol. The van der Waals surface area contributed by atoms with E-state index in [2.05, 4.69) is 20.6 Å². The first kappa shape index (κ1) is 18.8. The van der Waals surface area contributed by atoms with Crippen LogP contribution in [0.2, 0.25) is 0 Å². The van der Waals surface area contributed by atoms with E-state index >= 15 is 0 Å². The van der Waals surface area contributed by atoms with Crippen molar-refractivity contribution in [2.45, 2.75) is 13.5 Å². The number of benzene rings is 2. The van der Waals surface area contributed by atoms with Crippen molar-refractivity contribution in [2.24, 2.45) is 0 Å². The third-order valence-corrected chi connectivity index (χ3v) is 3.28. The molecule has 0 radical (unpaired) electrons. The number of carboxylic acids is 1. The van der Waals surface area contributed by atoms with Gasteiger partial charge in [0.15, 0.2) is 5.96 Å². The topological polar surface area (TPSA) is 123 Å². The lowest BCUT2D eigenvalue weighted by molar-refractivity contribution is -0.134. The van der Waals surface area contributed by atoms with Gasteiger partial charge < -0.3 is 20.1 Å². The standard InChI is InChI=1S/C16H17N5O.C2H4O2/c1-22-14-9-5-2-6-11(14)10-18-15(17)21-16-19-12-7-3-4-8-13(12)20-16;1-2(3)4/h2-9H,10H2,1H3,(H4,17,18,19,20,21);1H3,(H,3,4). The third-order valence-electron chi connectivity index (χ3n) is 3.28. The zero-order valence-electron chi connectivity index (χ0n) is 14.5. The van der Waals surface area contributed by atoms with Gasteiger partial charge in [0.25, 0.3) is 5.97 Å². The average Bonchev–Trinajstić information content (AvgIpc) is 3.01. The lowest BCUT2D eigenvalue weighted by atomic mass is 10.2. The molecular weight excluding hydrogens is 334 g/mol. The van der Waals surface area contributed by atoms with E-state index in [0.29, 0.717) is 12.5 Å². The van der Waals surface area contributed by atoms with E-state index < -0.39 is 5.97 Å². The van der Waals surface area contributed by atoms with E-state index in [1.54, 1.807) is 7.11 Å². The Labute approximate surface area is 150 Å². The largest absolute Gasteiger partial charge is 0.496 e. The van der Waals surface area contributed by atoms with Crippen molar-refractivity contribution in [3.8, 4) is 5.75 Å². The van der Waals surface area contributed by atoms with Crippen LogP contribution in [0.4, 0.5) is 5.95 Å². The fourth-order valence-electron chi connectivity index (χ4n) is 2.21. The quantitative estimate of drug-likeness (QED) is 0.362. The number of hydrogen-bond acceptors (Lipinski definition) is 4. The molecule has 0 atom stereocenters. The van der Waals surface area contributed by atoms with E-state index in [4.69, 9.17) is 20.0 Å². The Hall–Kier alpha value is -3.55. The Kier molecular flexibility index (Phi) is 6.55. The summed E-state index contributed by atoms with van der Waals surface area (Å²) in [6.07, 6.45) is 0. The molecule has 5 N–H and O–H groups in total. The van der Waals surface area contributed by atoms with Crippen molar-refractivity contribution in [1.82, 2.24) is 15.3 Å². The number of aliphatic carboxylic acids is 1. The Morgan fingerprint density at radius 3 is 2.58 bits per heavy atom. The van der Waals surface area contributed by atoms with Crippen LogP contribution in [-0.2, 0) is 11.3 Å². The minimum Gasteiger partial charge on any atom is -0.496 e. The van der Waals surface area contributed by atoms with Gasteiger partial charge in [-0.1, -0.05) is 30.3 Å². The number of anilines is 1. The molecule has 136 valence electrons. The molecule has 8 nitrogen and oxygen atoms in total. The first-order valence-corrected chi connectivity index (χ1v) is 7.85. The number of aromatic nitrogens is 2. The number of hydrogen-bond donors (Lipinski definition) is 5. The van der Waals surface area contributed by atoms with Gasteiger partial charge in [0.2, 0.25) is 5.95 Å². The lowest BCUT2D eigenvalue weighted by Crippen LogP contribution is -2.29. The van der Waals surface area contributed by atoms with Crippen LogP contribution in [0.3, 0.4) is 0 Å². The number of fused-ring (bicyclic) bond motifs is 1. The molecule has 0 bridgehead atoms. The molecule has 0 aliphatic rings. The molecule has 1 aromatic heterocycles. The molecule has 0 saturated carbocycles. The number of H-pyrrole nitrogens is 1. The fourth-order valence-corrected chi connectivity index (χ4v) is 2.21. The van der Waals surface area contributed by atoms with E-state index in [1.807, 2.05) is 48.5 Å². The first-order chi connectivity index (χ1) is 12.5. The number of para-hydroxylation sites is 3. The molecule has 0 aliphatic heterocycles. The number of rotatable bonds is 4. The molecule has 0 fully saturated rings. The van der Waals surface area contributed by atoms with Crippen LogP contribution in [-0.4, -0.2) is 34.1 Å². The highest BCUT2D eigenvalue weighted by Crippen LogP contribution is 2.17. The van der Waals surface area contributed by atoms with Crippen molar-refractivity contribution < 1.29 is 14.6 Å². The predicted octanol–water partition coefficient (Wildman–Crippen LogP) is 2.80. The van der Waals surface area contributed by atoms with Crippen molar-refractivity contribution in [2.75, 3.05) is 12.4 Å². The van der Waals surface area contributed by atoms with E-state index in [-0.39, 0.29) is 5.96 Å². The molecule has 0 unspecified atom stereocenters. The Bertz CT molecular complexity index is 854. The number of carbonyl (C=O) groups is 1. The summed E-state index contributed by atoms with van der Waals surface area (Å²) in [7, 11) is 1.64. The SMILES string of the molecule is CC(=O)O.COc1ccccc1CNC(=N)Nc1nc2ccccc2[nH]1. The number of aromatic amines is 1. The highest BCUT2D eigenvalue weighted by molar-refractivity contribution is 5.91. The van der Waals surface area contributed by atoms with Crippen LogP contribution in [0, 0.1) is 5.41 Å². The minimum absolute atomic E-state index is 0.171. The Morgan fingerprint density at radius 2 is 1.88 bits per heavy atom. The van der Waals surface area contributed by atoms with Gasteiger partial charge in [0.05, 0.1) is 18.1 Å². The summed E-state index contributed by atoms with van der Waals surface area (Å²) in [4.78, 5) is 16.5. The number of guanidine groups is 1. The summed E-state index contributed by atoms with van der Waals surface area (Å²) in [5.74, 6) is 0.676. The Balaban J connectivity index is 0.000000552. The van der Waals surface area contributed by atoms with Crippen LogP contribution in [0.1, 0.15) is 12.5 Å². The average molecular weight is 355 g/mol. The second-order valence-corrected chi connectivity index (χ2v) is 5.29. The molecule has 26 heavy (non-hydrogen) atoms. The number of carboxylic acid groups (broad SMARTS) is 1. The highest BCUT2D eigenvalue weighted by Gasteiger charge is 2.05. The zero-order valence-corrected chi connectivity index (χ0v) is 14.5. The van der Waals surface area contributed by atoms with E-state index in [0.717, 1.165) is 29.3 Å². The summed E-state index contributed by atoms with van der Waals surface area (Å²) in [5.41, 5.74) is 2.78. The number of ether oxygens (including phenoxy) is 1. The van der Waals surface area contributed by atoms with Gasteiger partial charge in [0.1, 0.15) is 5.75 Å². The van der Waals surface area contributed by atoms with Crippen molar-refractivity contribution >= 4 is 28.9 Å². The maximum absolute atomic E-state index is 9.00. The van der Waals surface area contributed by atoms with Gasteiger partial charge in [-0.3, -0.25) is 15.5 Å². The summed E-state index contributed by atoms with van der Waals surface area (Å²) in [6.45, 7) is 1.58. The summed E-state index contributed by atoms with van der Waals surface area (Å²) >= 11 is 0. The van der Waals surface area contributed by atoms with Crippen LogP contribution >= 0.6 is 0 Å². The molecule has 3 aromatic rings. The van der Waals surface area contributed by atoms with Gasteiger partial charge in [-0.05, 0) is 18.2 Å². The number of methoxy groups -OCH3 is 1. The van der Waals surface area contributed by atoms with Crippen LogP contribution in [0.25, 0.3) is 11.0 Å². The van der Waals surface area contributed by atoms with Crippen molar-refractivity contribution in [3.63, 3.8) is 0 Å². The van der Waals surface area contributed by atoms with E-state index in [9.17, 15) is 0 Å². The minimum atomic E-state index is -0.833. The van der Waals surface area contributed by atoms with E-state index in [1.165, 1.54) is 0 Å². The molecule has 0 saturated heterocycles. The maximum atomic E-state index is 9.00. The van der Waals surface area contributed by atoms with Crippen LogP contribution in [0.5, 0.6) is 5.75 Å². The molecule has 3 rings (SSSR count). The van der Waals surface area contributed by atoms with Gasteiger partial charge in [-0.25, -0.2) is 4.98 Å². The number of nitrogens with zero attached hydrogens (tertiary/aromatic N) is 1. The molecule has 1 heterocycles. The van der Waals surface area contributed by atoms with Crippen molar-refractivity contribution in [3.05, 3.63) is 54.1 Å². The smallest absolute Gasteiger partial charge is 0.300 e. The van der Waals surface area contributed by atoms with Gasteiger partial charge in [-0.15, -0.1) is 0 Å². The third kappa shape index (κ3) is 5.52. The lowest BCUT2D eigenvalue weighted by Gasteiger charge is -2.11. The molecular formula is C18H21N5O3. The zero-order chi connectivity index (χ0) is 18.9. The molecule has 0 spiro atoms. The maximum Gasteiger partial charge on any atom is 0.300 e. The van der Waals surface area contributed by atoms with Gasteiger partial charge in [0, 0.05) is 19.0 Å². The van der Waals surface area contributed by atoms with Crippen molar-refractivity contribution in [1.29, 1.82) is 5.41 Å². The molecule has 2 aromatic carbocycles. The predicted molar refractivity (Wildman–Crippen MR) is 101 cm³/mol. The fraction of sp³-hybridized carbons (Fsp3) is 0.167. The Morgan fingerprint density at radius 1 is 1.23 bits per heavy atom.